The van der Waals surface area contributed by atoms with Crippen molar-refractivity contribution in [1.29, 1.82) is 0 Å². The third-order valence-electron chi connectivity index (χ3n) is 10.9. The zero-order valence-corrected chi connectivity index (χ0v) is 28.8. The van der Waals surface area contributed by atoms with Gasteiger partial charge in [-0.25, -0.2) is 15.0 Å². The number of thiophene rings is 1. The second-order valence-electron chi connectivity index (χ2n) is 14.1. The van der Waals surface area contributed by atoms with Crippen LogP contribution in [0.5, 0.6) is 0 Å². The van der Waals surface area contributed by atoms with E-state index >= 15 is 0 Å². The smallest absolute Gasteiger partial charge is 0.164 e. The van der Waals surface area contributed by atoms with Gasteiger partial charge in [0.15, 0.2) is 17.5 Å². The summed E-state index contributed by atoms with van der Waals surface area (Å²) in [4.78, 5) is 14.9. The van der Waals surface area contributed by atoms with E-state index in [4.69, 9.17) is 15.0 Å². The van der Waals surface area contributed by atoms with E-state index in [9.17, 15) is 0 Å². The molecule has 236 valence electrons. The molecule has 2 heterocycles. The van der Waals surface area contributed by atoms with Crippen molar-refractivity contribution in [2.45, 2.75) is 38.5 Å². The molecule has 9 rings (SSSR count). The van der Waals surface area contributed by atoms with Gasteiger partial charge < -0.3 is 0 Å². The minimum Gasteiger partial charge on any atom is -0.208 e. The van der Waals surface area contributed by atoms with Gasteiger partial charge in [-0.3, -0.25) is 0 Å². The highest BCUT2D eigenvalue weighted by Crippen LogP contribution is 2.57. The fourth-order valence-electron chi connectivity index (χ4n) is 7.54. The molecule has 3 nitrogen and oxygen atoms in total. The highest BCUT2D eigenvalue weighted by Gasteiger charge is 2.46. The van der Waals surface area contributed by atoms with Gasteiger partial charge in [0, 0.05) is 36.9 Å². The molecule has 0 atom stereocenters. The average molecular weight is 650 g/mol. The molecule has 0 saturated heterocycles. The highest BCUT2D eigenvalue weighted by atomic mass is 32.1. The second-order valence-corrected chi connectivity index (χ2v) is 15.2. The van der Waals surface area contributed by atoms with Crippen LogP contribution < -0.4 is 0 Å². The molecule has 0 aliphatic heterocycles. The van der Waals surface area contributed by atoms with Crippen LogP contribution in [0.3, 0.4) is 0 Å². The zero-order chi connectivity index (χ0) is 33.3. The standard InChI is InChI=1S/C45H35N3S/c1-44(2)35-21-12-11-20-33(35)39-36(45(44,3)4)23-25-38-40(39)34-27-31(22-24-37(34)49-38)30-18-13-19-32(26-30)43-47-41(28-14-7-5-8-15-28)46-42(48-43)29-16-9-6-10-17-29/h5-27H,1-4H3. The zero-order valence-electron chi connectivity index (χ0n) is 28.0. The molecule has 8 aromatic rings. The molecule has 0 spiro atoms. The Morgan fingerprint density at radius 2 is 0.959 bits per heavy atom. The maximum atomic E-state index is 4.99. The summed E-state index contributed by atoms with van der Waals surface area (Å²) >= 11 is 1.89. The first-order chi connectivity index (χ1) is 23.8. The summed E-state index contributed by atoms with van der Waals surface area (Å²) in [5.41, 5.74) is 10.8. The maximum Gasteiger partial charge on any atom is 0.164 e. The average Bonchev–Trinajstić information content (AvgIpc) is 3.53. The number of rotatable bonds is 4. The predicted molar refractivity (Wildman–Crippen MR) is 206 cm³/mol. The highest BCUT2D eigenvalue weighted by molar-refractivity contribution is 7.26. The van der Waals surface area contributed by atoms with Gasteiger partial charge in [-0.1, -0.05) is 143 Å². The van der Waals surface area contributed by atoms with Crippen LogP contribution in [0.2, 0.25) is 0 Å². The van der Waals surface area contributed by atoms with Crippen molar-refractivity contribution in [2.24, 2.45) is 0 Å². The molecule has 0 N–H and O–H groups in total. The molecule has 1 aliphatic carbocycles. The molecule has 0 radical (unpaired) electrons. The molecule has 0 amide bonds. The number of hydrogen-bond acceptors (Lipinski definition) is 4. The van der Waals surface area contributed by atoms with E-state index in [1.807, 2.05) is 72.0 Å². The Hall–Kier alpha value is -5.45. The lowest BCUT2D eigenvalue weighted by Crippen LogP contribution is -2.43. The number of hydrogen-bond donors (Lipinski definition) is 0. The van der Waals surface area contributed by atoms with E-state index in [2.05, 4.69) is 107 Å². The first-order valence-electron chi connectivity index (χ1n) is 16.9. The fourth-order valence-corrected chi connectivity index (χ4v) is 8.64. The second kappa shape index (κ2) is 11.0. The van der Waals surface area contributed by atoms with Crippen LogP contribution in [0.25, 0.3) is 76.6 Å². The van der Waals surface area contributed by atoms with Crippen LogP contribution in [0.1, 0.15) is 38.8 Å². The Kier molecular flexibility index (Phi) is 6.69. The summed E-state index contributed by atoms with van der Waals surface area (Å²) in [5, 5.41) is 2.67. The topological polar surface area (TPSA) is 38.7 Å². The first-order valence-corrected chi connectivity index (χ1v) is 17.7. The Morgan fingerprint density at radius 1 is 0.429 bits per heavy atom. The first kappa shape index (κ1) is 29.7. The Morgan fingerprint density at radius 3 is 1.65 bits per heavy atom. The third-order valence-corrected chi connectivity index (χ3v) is 12.0. The van der Waals surface area contributed by atoms with Gasteiger partial charge in [-0.05, 0) is 68.5 Å². The minimum atomic E-state index is -0.0349. The van der Waals surface area contributed by atoms with E-state index in [1.54, 1.807) is 0 Å². The van der Waals surface area contributed by atoms with Gasteiger partial charge in [-0.2, -0.15) is 0 Å². The largest absolute Gasteiger partial charge is 0.208 e. The molecule has 1 aliphatic rings. The number of fused-ring (bicyclic) bond motifs is 7. The normalized spacial score (nSPS) is 14.4. The van der Waals surface area contributed by atoms with Gasteiger partial charge in [-0.15, -0.1) is 11.3 Å². The summed E-state index contributed by atoms with van der Waals surface area (Å²) in [6, 6.07) is 49.6. The SMILES string of the molecule is CC1(C)c2ccccc2-c2c(ccc3sc4ccc(-c5cccc(-c6nc(-c7ccccc7)nc(-c7ccccc7)n6)c5)cc4c23)C1(C)C. The molecule has 6 aromatic carbocycles. The lowest BCUT2D eigenvalue weighted by molar-refractivity contribution is 0.299. The van der Waals surface area contributed by atoms with E-state index in [-0.39, 0.29) is 10.8 Å². The van der Waals surface area contributed by atoms with Crippen molar-refractivity contribution in [3.05, 3.63) is 151 Å². The Balaban J connectivity index is 1.21. The van der Waals surface area contributed by atoms with Crippen LogP contribution in [0, 0.1) is 0 Å². The minimum absolute atomic E-state index is 0.00250. The lowest BCUT2D eigenvalue weighted by Gasteiger charge is -2.48. The van der Waals surface area contributed by atoms with E-state index in [0.717, 1.165) is 22.3 Å². The van der Waals surface area contributed by atoms with Gasteiger partial charge >= 0.3 is 0 Å². The third kappa shape index (κ3) is 4.66. The molecular weight excluding hydrogens is 615 g/mol. The number of aromatic nitrogens is 3. The van der Waals surface area contributed by atoms with E-state index in [1.165, 1.54) is 48.0 Å². The summed E-state index contributed by atoms with van der Waals surface area (Å²) in [5.74, 6) is 1.99. The number of benzene rings is 6. The van der Waals surface area contributed by atoms with Crippen LogP contribution in [0.4, 0.5) is 0 Å². The maximum absolute atomic E-state index is 4.99. The molecular formula is C45H35N3S. The van der Waals surface area contributed by atoms with Crippen molar-refractivity contribution in [3.63, 3.8) is 0 Å². The quantitative estimate of drug-likeness (QED) is 0.190. The van der Waals surface area contributed by atoms with Gasteiger partial charge in [0.05, 0.1) is 0 Å². The molecule has 0 unspecified atom stereocenters. The Labute approximate surface area is 291 Å². The van der Waals surface area contributed by atoms with Crippen molar-refractivity contribution in [3.8, 4) is 56.4 Å². The van der Waals surface area contributed by atoms with Gasteiger partial charge in [0.1, 0.15) is 0 Å². The van der Waals surface area contributed by atoms with Gasteiger partial charge in [0.25, 0.3) is 0 Å². The molecule has 4 heteroatoms. The predicted octanol–water partition coefficient (Wildman–Crippen LogP) is 12.1. The monoisotopic (exact) mass is 649 g/mol. The molecule has 0 saturated carbocycles. The molecule has 0 bridgehead atoms. The van der Waals surface area contributed by atoms with Crippen molar-refractivity contribution in [1.82, 2.24) is 15.0 Å². The van der Waals surface area contributed by atoms with Crippen LogP contribution in [-0.4, -0.2) is 15.0 Å². The summed E-state index contributed by atoms with van der Waals surface area (Å²) < 4.78 is 2.64. The van der Waals surface area contributed by atoms with Crippen molar-refractivity contribution in [2.75, 3.05) is 0 Å². The van der Waals surface area contributed by atoms with Crippen molar-refractivity contribution < 1.29 is 0 Å². The lowest BCUT2D eigenvalue weighted by atomic mass is 9.55. The van der Waals surface area contributed by atoms with Crippen LogP contribution in [0.15, 0.2) is 140 Å². The number of nitrogens with zero attached hydrogens (tertiary/aromatic N) is 3. The molecule has 49 heavy (non-hydrogen) atoms. The Bertz CT molecular complexity index is 2490. The van der Waals surface area contributed by atoms with E-state index < -0.39 is 0 Å². The molecule has 2 aromatic heterocycles. The summed E-state index contributed by atoms with van der Waals surface area (Å²) in [7, 11) is 0. The summed E-state index contributed by atoms with van der Waals surface area (Å²) in [6.45, 7) is 9.61. The fraction of sp³-hybridized carbons (Fsp3) is 0.133. The van der Waals surface area contributed by atoms with Gasteiger partial charge in [0.2, 0.25) is 0 Å². The molecule has 0 fully saturated rings. The summed E-state index contributed by atoms with van der Waals surface area (Å²) in [6.07, 6.45) is 0. The van der Waals surface area contributed by atoms with Crippen LogP contribution >= 0.6 is 11.3 Å². The van der Waals surface area contributed by atoms with Crippen molar-refractivity contribution >= 4 is 31.5 Å². The van der Waals surface area contributed by atoms with Crippen LogP contribution in [-0.2, 0) is 10.8 Å². The van der Waals surface area contributed by atoms with E-state index in [0.29, 0.717) is 17.5 Å².